The normalized spacial score (nSPS) is 11.8. The van der Waals surface area contributed by atoms with E-state index < -0.39 is 23.5 Å². The van der Waals surface area contributed by atoms with E-state index in [2.05, 4.69) is 38.1 Å². The molecule has 0 atom stereocenters. The predicted octanol–water partition coefficient (Wildman–Crippen LogP) is 13.7. The van der Waals surface area contributed by atoms with Gasteiger partial charge in [-0.25, -0.2) is 4.98 Å². The van der Waals surface area contributed by atoms with Crippen molar-refractivity contribution in [2.75, 3.05) is 0 Å². The Morgan fingerprint density at radius 1 is 0.662 bits per heavy atom. The van der Waals surface area contributed by atoms with Gasteiger partial charge in [0.1, 0.15) is 23.0 Å². The molecule has 7 rings (SSSR count). The molecule has 0 spiro atoms. The Morgan fingerprint density at radius 3 is 1.72 bits per heavy atom. The first-order valence-electron chi connectivity index (χ1n) is 23.2. The molecule has 0 fully saturated rings. The zero-order chi connectivity index (χ0) is 52.3. The molecule has 6 aromatic heterocycles. The number of carbonyl (C=O) groups excluding carboxylic acids is 3. The third-order valence-corrected chi connectivity index (χ3v) is 11.9. The maximum Gasteiger partial charge on any atom is 2.00 e. The van der Waals surface area contributed by atoms with Crippen molar-refractivity contribution in [1.82, 2.24) is 30.1 Å². The van der Waals surface area contributed by atoms with Gasteiger partial charge < -0.3 is 24.4 Å². The first-order chi connectivity index (χ1) is 35.3. The molecule has 74 heavy (non-hydrogen) atoms. The van der Waals surface area contributed by atoms with Crippen molar-refractivity contribution < 1.29 is 70.0 Å². The first kappa shape index (κ1) is 57.5. The topological polar surface area (TPSA) is 157 Å². The third-order valence-electron chi connectivity index (χ3n) is 10.9. The van der Waals surface area contributed by atoms with E-state index in [-0.39, 0.29) is 42.1 Å². The van der Waals surface area contributed by atoms with E-state index in [9.17, 15) is 36.3 Å². The van der Waals surface area contributed by atoms with Crippen molar-refractivity contribution in [2.45, 2.75) is 85.2 Å². The summed E-state index contributed by atoms with van der Waals surface area (Å²) in [7, 11) is 0. The minimum absolute atomic E-state index is 0. The maximum absolute atomic E-state index is 14.5. The molecule has 7 aromatic rings. The molecule has 0 saturated heterocycles. The number of aromatic nitrogens is 6. The quantitative estimate of drug-likeness (QED) is 0.0120. The number of unbranched alkanes of at least 4 members (excludes halogenated alkanes) is 3. The largest absolute Gasteiger partial charge is 2.00 e. The summed E-state index contributed by atoms with van der Waals surface area (Å²) in [4.78, 5) is 51.6. The van der Waals surface area contributed by atoms with Crippen LogP contribution in [0.1, 0.15) is 101 Å². The van der Waals surface area contributed by atoms with E-state index in [1.54, 1.807) is 54.9 Å². The standard InChI is InChI=1S/C30H29N3O6.C25H20F5N3S.Ru/c1-4-24(37-18-34)11-21-7-9-31-27(14-21)29-16-23(13-26(6-3)39-20-36)17-30(33-29)28-15-22(8-10-32-28)12-25(5-2)38-19-35;1-2-3-4-5-6-15-9-10-34-24(15)16-11-20(18-8-7-17(26)13-19(18)27)31-21(12-16)22-14-23(33-32-22)25(28,29)30;/h7-20H,4-6H2,1-3H3;7,9-14H,2-6H2,1H3;/q;-2;+2/b24-11+,25-12+,26-13+;;. The molecule has 6 heterocycles. The number of thiophene rings is 1. The molecule has 0 saturated carbocycles. The van der Waals surface area contributed by atoms with Crippen molar-refractivity contribution in [3.8, 4) is 55.9 Å². The number of hydrogen-bond acceptors (Lipinski definition) is 12. The number of hydrogen-bond donors (Lipinski definition) is 0. The number of aryl methyl sites for hydroxylation is 1. The van der Waals surface area contributed by atoms with Gasteiger partial charge in [0.05, 0.1) is 22.8 Å². The molecule has 0 radical (unpaired) electrons. The van der Waals surface area contributed by atoms with Gasteiger partial charge in [0.25, 0.3) is 19.4 Å². The number of benzene rings is 1. The maximum atomic E-state index is 14.5. The van der Waals surface area contributed by atoms with Crippen molar-refractivity contribution >= 4 is 49.0 Å². The van der Waals surface area contributed by atoms with E-state index in [4.69, 9.17) is 19.2 Å². The van der Waals surface area contributed by atoms with E-state index >= 15 is 0 Å². The molecular weight excluding hydrogens is 1070 g/mol. The van der Waals surface area contributed by atoms with Gasteiger partial charge in [-0.1, -0.05) is 70.3 Å². The van der Waals surface area contributed by atoms with Crippen LogP contribution in [-0.4, -0.2) is 44.5 Å². The summed E-state index contributed by atoms with van der Waals surface area (Å²) in [5.41, 5.74) is 5.27. The molecule has 0 N–H and O–H groups in total. The summed E-state index contributed by atoms with van der Waals surface area (Å²) in [5.74, 6) is -0.136. The second-order valence-electron chi connectivity index (χ2n) is 16.0. The van der Waals surface area contributed by atoms with Crippen LogP contribution in [0.3, 0.4) is 0 Å². The molecule has 12 nitrogen and oxygen atoms in total. The summed E-state index contributed by atoms with van der Waals surface area (Å²) in [6.07, 6.45) is 10.7. The number of allylic oxidation sites excluding steroid dienone is 3. The predicted molar refractivity (Wildman–Crippen MR) is 268 cm³/mol. The van der Waals surface area contributed by atoms with Gasteiger partial charge in [0.2, 0.25) is 0 Å². The molecule has 19 heteroatoms. The van der Waals surface area contributed by atoms with Gasteiger partial charge in [-0.05, 0) is 125 Å². The Bertz CT molecular complexity index is 3030. The van der Waals surface area contributed by atoms with E-state index in [0.29, 0.717) is 90.4 Å². The fourth-order valence-corrected chi connectivity index (χ4v) is 8.25. The first-order valence-corrected chi connectivity index (χ1v) is 24.1. The van der Waals surface area contributed by atoms with E-state index in [1.165, 1.54) is 11.3 Å². The van der Waals surface area contributed by atoms with Gasteiger partial charge in [0, 0.05) is 53.9 Å². The summed E-state index contributed by atoms with van der Waals surface area (Å²) in [6, 6.07) is 21.3. The van der Waals surface area contributed by atoms with Crippen LogP contribution < -0.4 is 5.10 Å². The fraction of sp³-hybridized carbons (Fsp3) is 0.236. The molecule has 0 aliphatic rings. The summed E-state index contributed by atoms with van der Waals surface area (Å²) >= 11 is 1.48. The zero-order valence-corrected chi connectivity index (χ0v) is 43.1. The van der Waals surface area contributed by atoms with Crippen LogP contribution in [0.2, 0.25) is 0 Å². The van der Waals surface area contributed by atoms with Gasteiger partial charge in [0.15, 0.2) is 0 Å². The smallest absolute Gasteiger partial charge is 0.573 e. The number of ether oxygens (including phenoxy) is 3. The van der Waals surface area contributed by atoms with E-state index in [1.807, 2.05) is 56.5 Å². The van der Waals surface area contributed by atoms with Crippen LogP contribution in [0.15, 0.2) is 108 Å². The summed E-state index contributed by atoms with van der Waals surface area (Å²) < 4.78 is 82.4. The number of rotatable bonds is 22. The van der Waals surface area contributed by atoms with Gasteiger partial charge in [-0.3, -0.25) is 38.1 Å². The fourth-order valence-electron chi connectivity index (χ4n) is 7.30. The van der Waals surface area contributed by atoms with E-state index in [0.717, 1.165) is 71.4 Å². The molecule has 0 unspecified atom stereocenters. The molecule has 0 aliphatic heterocycles. The van der Waals surface area contributed by atoms with Crippen molar-refractivity contribution in [2.24, 2.45) is 0 Å². The minimum Gasteiger partial charge on any atom is -0.573 e. The Labute approximate surface area is 441 Å². The SMILES string of the molecule is CC/C(=C\c1ccnc(-c2cc(/C=C(\CC)OC=O)cc(-c3cc(/C=C(\CC)OC=O)ccn3)n2)c1)OC=O.CCCCCCc1ccsc1-c1cc(-c2cc(C(F)(F)F)n[n-]2)nc(-c2[c-]cc(F)cc2F)c1.[Ru+2]. The Hall–Kier alpha value is -7.37. The third kappa shape index (κ3) is 16.1. The van der Waals surface area contributed by atoms with Crippen LogP contribution in [-0.2, 0) is 60.7 Å². The molecule has 0 bridgehead atoms. The number of halogens is 5. The second kappa shape index (κ2) is 28.2. The summed E-state index contributed by atoms with van der Waals surface area (Å²) in [5, 5.41) is 8.81. The molecule has 0 aliphatic carbocycles. The van der Waals surface area contributed by atoms with Gasteiger partial charge >= 0.3 is 25.7 Å². The van der Waals surface area contributed by atoms with Crippen LogP contribution in [0, 0.1) is 17.7 Å². The van der Waals surface area contributed by atoms with Gasteiger partial charge in [-0.15, -0.1) is 23.5 Å². The minimum atomic E-state index is -4.65. The van der Waals surface area contributed by atoms with Crippen LogP contribution in [0.5, 0.6) is 0 Å². The van der Waals surface area contributed by atoms with Crippen molar-refractivity contribution in [3.63, 3.8) is 0 Å². The zero-order valence-electron chi connectivity index (χ0n) is 40.6. The summed E-state index contributed by atoms with van der Waals surface area (Å²) in [6.45, 7) is 8.99. The average molecular weight is 1120 g/mol. The molecular formula is C55H49F5N6O6RuS. The molecule has 0 amide bonds. The number of nitrogens with zero attached hydrogens (tertiary/aromatic N) is 6. The van der Waals surface area contributed by atoms with Crippen molar-refractivity contribution in [3.05, 3.63) is 153 Å². The molecule has 384 valence electrons. The van der Waals surface area contributed by atoms with Crippen LogP contribution in [0.25, 0.3) is 74.1 Å². The Morgan fingerprint density at radius 2 is 1.20 bits per heavy atom. The number of pyridine rings is 4. The second-order valence-corrected chi connectivity index (χ2v) is 16.9. The Kier molecular flexibility index (Phi) is 21.9. The average Bonchev–Trinajstić information content (AvgIpc) is 4.09. The number of alkyl halides is 3. The Balaban J connectivity index is 0.000000273. The van der Waals surface area contributed by atoms with Crippen LogP contribution in [0.4, 0.5) is 22.0 Å². The monoisotopic (exact) mass is 1120 g/mol. The van der Waals surface area contributed by atoms with Gasteiger partial charge in [-0.2, -0.15) is 13.2 Å². The number of carbonyl (C=O) groups is 3. The molecule has 1 aromatic carbocycles. The van der Waals surface area contributed by atoms with Crippen LogP contribution >= 0.6 is 11.3 Å². The van der Waals surface area contributed by atoms with Crippen molar-refractivity contribution in [1.29, 1.82) is 0 Å².